The Kier molecular flexibility index (Phi) is 7.80. The first-order chi connectivity index (χ1) is 14.9. The Morgan fingerprint density at radius 2 is 1.71 bits per heavy atom. The molecule has 0 radical (unpaired) electrons. The number of hydrogen-bond donors (Lipinski definition) is 0. The first-order valence-electron chi connectivity index (χ1n) is 10.6. The van der Waals surface area contributed by atoms with Crippen LogP contribution in [0.1, 0.15) is 26.3 Å². The van der Waals surface area contributed by atoms with E-state index in [-0.39, 0.29) is 4.90 Å². The molecule has 0 saturated heterocycles. The second-order valence-corrected chi connectivity index (χ2v) is 10.3. The zero-order valence-corrected chi connectivity index (χ0v) is 19.9. The molecule has 0 fully saturated rings. The van der Waals surface area contributed by atoms with Crippen molar-refractivity contribution in [2.45, 2.75) is 32.1 Å². The predicted octanol–water partition coefficient (Wildman–Crippen LogP) is 4.01. The fraction of sp³-hybridized carbons (Fsp3) is 0.391. The summed E-state index contributed by atoms with van der Waals surface area (Å²) in [6.07, 6.45) is 0.920. The number of aromatic nitrogens is 1. The Balaban J connectivity index is 1.91. The number of benzene rings is 2. The van der Waals surface area contributed by atoms with Crippen LogP contribution in [0.4, 0.5) is 5.13 Å². The van der Waals surface area contributed by atoms with Crippen LogP contribution in [0, 0.1) is 0 Å². The van der Waals surface area contributed by atoms with E-state index < -0.39 is 21.5 Å². The van der Waals surface area contributed by atoms with Crippen LogP contribution in [0.3, 0.4) is 0 Å². The van der Waals surface area contributed by atoms with E-state index in [1.54, 1.807) is 18.2 Å². The molecule has 6 nitrogen and oxygen atoms in total. The van der Waals surface area contributed by atoms with Gasteiger partial charge in [0.15, 0.2) is 15.0 Å². The lowest BCUT2D eigenvalue weighted by Gasteiger charge is -2.24. The van der Waals surface area contributed by atoms with Gasteiger partial charge in [-0.05, 0) is 49.3 Å². The highest BCUT2D eigenvalue weighted by Crippen LogP contribution is 2.30. The van der Waals surface area contributed by atoms with Crippen LogP contribution in [0.25, 0.3) is 10.2 Å². The number of hydrogen-bond acceptors (Lipinski definition) is 6. The summed E-state index contributed by atoms with van der Waals surface area (Å²) in [5.74, 6) is -1.03. The van der Waals surface area contributed by atoms with E-state index in [2.05, 4.69) is 36.7 Å². The molecule has 0 spiro atoms. The Bertz CT molecular complexity index is 1120. The molecule has 0 unspecified atom stereocenters. The first-order valence-corrected chi connectivity index (χ1v) is 13.0. The molecule has 3 aromatic rings. The van der Waals surface area contributed by atoms with E-state index >= 15 is 0 Å². The average molecular weight is 460 g/mol. The number of carbonyl (C=O) groups is 1. The highest BCUT2D eigenvalue weighted by molar-refractivity contribution is 7.92. The zero-order chi connectivity index (χ0) is 22.4. The number of amides is 1. The van der Waals surface area contributed by atoms with Gasteiger partial charge in [-0.1, -0.05) is 56.4 Å². The highest BCUT2D eigenvalue weighted by Gasteiger charge is 2.26. The van der Waals surface area contributed by atoms with Crippen molar-refractivity contribution in [3.8, 4) is 0 Å². The Labute approximate surface area is 188 Å². The average Bonchev–Trinajstić information content (AvgIpc) is 3.19. The van der Waals surface area contributed by atoms with E-state index in [1.165, 1.54) is 33.9 Å². The van der Waals surface area contributed by atoms with Crippen LogP contribution in [0.5, 0.6) is 0 Å². The third kappa shape index (κ3) is 5.70. The van der Waals surface area contributed by atoms with Gasteiger partial charge >= 0.3 is 0 Å². The molecule has 0 atom stereocenters. The van der Waals surface area contributed by atoms with Crippen LogP contribution in [0.15, 0.2) is 53.4 Å². The summed E-state index contributed by atoms with van der Waals surface area (Å²) in [5, 5.41) is 0.545. The third-order valence-corrected chi connectivity index (χ3v) is 7.99. The molecule has 0 aliphatic rings. The van der Waals surface area contributed by atoms with Crippen LogP contribution >= 0.6 is 11.3 Å². The summed E-state index contributed by atoms with van der Waals surface area (Å²) in [7, 11) is -3.73. The van der Waals surface area contributed by atoms with Gasteiger partial charge in [0, 0.05) is 13.1 Å². The van der Waals surface area contributed by atoms with Gasteiger partial charge in [0.2, 0.25) is 5.91 Å². The van der Waals surface area contributed by atoms with E-state index in [4.69, 9.17) is 0 Å². The van der Waals surface area contributed by atoms with Gasteiger partial charge in [0.1, 0.15) is 5.75 Å². The molecule has 0 bridgehead atoms. The van der Waals surface area contributed by atoms with Gasteiger partial charge in [-0.2, -0.15) is 0 Å². The molecular formula is C23H29N3O3S2. The molecule has 0 aliphatic carbocycles. The lowest BCUT2D eigenvalue weighted by molar-refractivity contribution is -0.116. The number of aryl methyl sites for hydroxylation is 1. The predicted molar refractivity (Wildman–Crippen MR) is 128 cm³/mol. The number of likely N-dealkylation sites (N-methyl/N-ethyl adjacent to an activating group) is 1. The molecule has 3 rings (SSSR count). The van der Waals surface area contributed by atoms with Crippen molar-refractivity contribution in [2.24, 2.45) is 0 Å². The smallest absolute Gasteiger partial charge is 0.244 e. The lowest BCUT2D eigenvalue weighted by atomic mass is 10.2. The maximum atomic E-state index is 13.2. The minimum atomic E-state index is -3.73. The molecule has 8 heteroatoms. The number of carbonyl (C=O) groups excluding carboxylic acids is 1. The zero-order valence-electron chi connectivity index (χ0n) is 18.2. The maximum Gasteiger partial charge on any atom is 0.244 e. The van der Waals surface area contributed by atoms with Crippen molar-refractivity contribution < 1.29 is 13.2 Å². The Morgan fingerprint density at radius 3 is 2.35 bits per heavy atom. The second-order valence-electron chi connectivity index (χ2n) is 7.30. The Morgan fingerprint density at radius 1 is 1.00 bits per heavy atom. The van der Waals surface area contributed by atoms with Gasteiger partial charge in [0.05, 0.1) is 15.1 Å². The monoisotopic (exact) mass is 459 g/mol. The molecule has 2 aromatic carbocycles. The van der Waals surface area contributed by atoms with Gasteiger partial charge in [-0.25, -0.2) is 13.4 Å². The molecule has 1 heterocycles. The first kappa shape index (κ1) is 23.4. The summed E-state index contributed by atoms with van der Waals surface area (Å²) in [6.45, 7) is 9.00. The van der Waals surface area contributed by atoms with E-state index in [9.17, 15) is 13.2 Å². The highest BCUT2D eigenvalue weighted by atomic mass is 32.2. The summed E-state index contributed by atoms with van der Waals surface area (Å²) in [5.41, 5.74) is 2.03. The largest absolute Gasteiger partial charge is 0.302 e. The number of thiazole rings is 1. The van der Waals surface area contributed by atoms with Crippen LogP contribution in [0.2, 0.25) is 0 Å². The standard InChI is InChI=1S/C23H29N3O3S2/c1-4-18-12-13-20-21(16-18)30-23(24-20)26(15-14-25(5-2)6-3)22(27)17-31(28,29)19-10-8-7-9-11-19/h7-13,16H,4-6,14-15,17H2,1-3H3. The number of fused-ring (bicyclic) bond motifs is 1. The van der Waals surface area contributed by atoms with Crippen LogP contribution in [-0.2, 0) is 21.1 Å². The summed E-state index contributed by atoms with van der Waals surface area (Å²) >= 11 is 1.43. The fourth-order valence-corrected chi connectivity index (χ4v) is 5.64. The SMILES string of the molecule is CCc1ccc2nc(N(CCN(CC)CC)C(=O)CS(=O)(=O)c3ccccc3)sc2c1. The molecule has 31 heavy (non-hydrogen) atoms. The Hall–Kier alpha value is -2.29. The molecule has 0 N–H and O–H groups in total. The molecule has 0 aliphatic heterocycles. The summed E-state index contributed by atoms with van der Waals surface area (Å²) in [4.78, 5) is 21.8. The van der Waals surface area contributed by atoms with Crippen LogP contribution in [-0.4, -0.2) is 56.1 Å². The minimum absolute atomic E-state index is 0.156. The van der Waals surface area contributed by atoms with Crippen molar-refractivity contribution in [3.63, 3.8) is 0 Å². The van der Waals surface area contributed by atoms with Crippen molar-refractivity contribution in [3.05, 3.63) is 54.1 Å². The number of nitrogens with zero attached hydrogens (tertiary/aromatic N) is 3. The van der Waals surface area contributed by atoms with E-state index in [0.717, 1.165) is 29.7 Å². The van der Waals surface area contributed by atoms with Gasteiger partial charge < -0.3 is 4.90 Å². The van der Waals surface area contributed by atoms with E-state index in [0.29, 0.717) is 18.2 Å². The molecule has 0 saturated carbocycles. The second kappa shape index (κ2) is 10.3. The molecule has 1 amide bonds. The molecule has 1 aromatic heterocycles. The third-order valence-electron chi connectivity index (χ3n) is 5.33. The van der Waals surface area contributed by atoms with Crippen molar-refractivity contribution >= 4 is 42.4 Å². The summed E-state index contributed by atoms with van der Waals surface area (Å²) < 4.78 is 26.6. The number of sulfone groups is 1. The van der Waals surface area contributed by atoms with Gasteiger partial charge in [-0.15, -0.1) is 0 Å². The minimum Gasteiger partial charge on any atom is -0.302 e. The van der Waals surface area contributed by atoms with Crippen molar-refractivity contribution in [2.75, 3.05) is 36.8 Å². The molecular weight excluding hydrogens is 430 g/mol. The fourth-order valence-electron chi connectivity index (χ4n) is 3.35. The molecule has 166 valence electrons. The van der Waals surface area contributed by atoms with Crippen molar-refractivity contribution in [1.29, 1.82) is 0 Å². The van der Waals surface area contributed by atoms with Gasteiger partial charge in [0.25, 0.3) is 0 Å². The van der Waals surface area contributed by atoms with Gasteiger partial charge in [-0.3, -0.25) is 9.69 Å². The lowest BCUT2D eigenvalue weighted by Crippen LogP contribution is -2.41. The van der Waals surface area contributed by atoms with Crippen molar-refractivity contribution in [1.82, 2.24) is 9.88 Å². The topological polar surface area (TPSA) is 70.6 Å². The van der Waals surface area contributed by atoms with Crippen LogP contribution < -0.4 is 4.90 Å². The maximum absolute atomic E-state index is 13.2. The quantitative estimate of drug-likeness (QED) is 0.458. The number of anilines is 1. The van der Waals surface area contributed by atoms with E-state index in [1.807, 2.05) is 12.1 Å². The normalized spacial score (nSPS) is 11.9. The number of rotatable bonds is 10. The summed E-state index contributed by atoms with van der Waals surface area (Å²) in [6, 6.07) is 14.2.